The first-order chi connectivity index (χ1) is 26.7. The van der Waals surface area contributed by atoms with Gasteiger partial charge in [-0.2, -0.15) is 0 Å². The standard InChI is InChI=1S/C50H91NO3/c1-3-5-7-9-11-13-15-17-19-21-22-23-24-25-26-27-28-30-32-34-36-38-40-42-44-46-50(54)51-48(47-52)49(53)45-43-41-39-37-35-33-31-29-20-18-16-14-12-10-8-6-4-2/h15,17,21-22,24-25,35,37,43,45,48-49,52-53H,3-14,16,18-20,23,26-34,36,38-42,44,46-47H2,1-2H3,(H,51,54)/b17-15-,22-21-,25-24-,37-35+,45-43+. The molecule has 0 aromatic rings. The fourth-order valence-corrected chi connectivity index (χ4v) is 6.85. The van der Waals surface area contributed by atoms with Crippen LogP contribution in [0.1, 0.15) is 232 Å². The quantitative estimate of drug-likeness (QED) is 0.0429. The fraction of sp³-hybridized carbons (Fsp3) is 0.780. The van der Waals surface area contributed by atoms with Crippen LogP contribution in [-0.2, 0) is 4.79 Å². The zero-order valence-electron chi connectivity index (χ0n) is 36.0. The van der Waals surface area contributed by atoms with Crippen LogP contribution >= 0.6 is 0 Å². The SMILES string of the molecule is CCCCCCC/C=C\C/C=C\C/C=C\CCCCCCCCCCCCC(=O)NC(CO)C(O)/C=C/CC/C=C/CCCCCCCCCCCCC. The zero-order chi connectivity index (χ0) is 39.3. The van der Waals surface area contributed by atoms with Crippen molar-refractivity contribution in [3.8, 4) is 0 Å². The smallest absolute Gasteiger partial charge is 0.220 e. The van der Waals surface area contributed by atoms with Crippen LogP contribution in [0.4, 0.5) is 0 Å². The van der Waals surface area contributed by atoms with Crippen LogP contribution in [0.5, 0.6) is 0 Å². The molecule has 0 aliphatic heterocycles. The minimum Gasteiger partial charge on any atom is -0.394 e. The fourth-order valence-electron chi connectivity index (χ4n) is 6.85. The molecule has 314 valence electrons. The van der Waals surface area contributed by atoms with Gasteiger partial charge in [-0.15, -0.1) is 0 Å². The van der Waals surface area contributed by atoms with Gasteiger partial charge in [0.15, 0.2) is 0 Å². The molecule has 0 spiro atoms. The van der Waals surface area contributed by atoms with E-state index < -0.39 is 12.1 Å². The van der Waals surface area contributed by atoms with Gasteiger partial charge in [-0.1, -0.05) is 216 Å². The first kappa shape index (κ1) is 52.1. The molecule has 0 saturated heterocycles. The van der Waals surface area contributed by atoms with Crippen molar-refractivity contribution < 1.29 is 15.0 Å². The number of hydrogen-bond donors (Lipinski definition) is 3. The lowest BCUT2D eigenvalue weighted by molar-refractivity contribution is -0.123. The summed E-state index contributed by atoms with van der Waals surface area (Å²) in [5.74, 6) is -0.0790. The summed E-state index contributed by atoms with van der Waals surface area (Å²) >= 11 is 0. The first-order valence-corrected chi connectivity index (χ1v) is 23.5. The van der Waals surface area contributed by atoms with Gasteiger partial charge in [0.2, 0.25) is 5.91 Å². The van der Waals surface area contributed by atoms with Gasteiger partial charge in [-0.25, -0.2) is 0 Å². The Bertz CT molecular complexity index is 904. The van der Waals surface area contributed by atoms with Gasteiger partial charge in [0.1, 0.15) is 0 Å². The molecular weight excluding hydrogens is 663 g/mol. The average Bonchev–Trinajstić information content (AvgIpc) is 3.18. The molecule has 0 bridgehead atoms. The molecular formula is C50H91NO3. The number of carbonyl (C=O) groups is 1. The summed E-state index contributed by atoms with van der Waals surface area (Å²) in [4.78, 5) is 12.4. The van der Waals surface area contributed by atoms with Crippen LogP contribution in [0.15, 0.2) is 60.8 Å². The van der Waals surface area contributed by atoms with Crippen LogP contribution in [0, 0.1) is 0 Å². The number of rotatable bonds is 42. The average molecular weight is 754 g/mol. The highest BCUT2D eigenvalue weighted by Crippen LogP contribution is 2.14. The van der Waals surface area contributed by atoms with Gasteiger partial charge < -0.3 is 15.5 Å². The lowest BCUT2D eigenvalue weighted by Gasteiger charge is -2.19. The highest BCUT2D eigenvalue weighted by molar-refractivity contribution is 5.76. The molecule has 3 N–H and O–H groups in total. The number of aliphatic hydroxyl groups is 2. The zero-order valence-corrected chi connectivity index (χ0v) is 36.0. The van der Waals surface area contributed by atoms with E-state index in [1.54, 1.807) is 6.08 Å². The van der Waals surface area contributed by atoms with Gasteiger partial charge in [0.05, 0.1) is 18.8 Å². The van der Waals surface area contributed by atoms with E-state index in [1.807, 2.05) is 6.08 Å². The van der Waals surface area contributed by atoms with E-state index in [2.05, 4.69) is 67.8 Å². The molecule has 2 atom stereocenters. The Morgan fingerprint density at radius 3 is 1.20 bits per heavy atom. The number of unbranched alkanes of at least 4 members (excludes halogenated alkanes) is 27. The van der Waals surface area contributed by atoms with E-state index in [1.165, 1.54) is 167 Å². The van der Waals surface area contributed by atoms with E-state index in [4.69, 9.17) is 0 Å². The van der Waals surface area contributed by atoms with E-state index >= 15 is 0 Å². The predicted octanol–water partition coefficient (Wildman–Crippen LogP) is 14.9. The molecule has 0 aromatic carbocycles. The maximum Gasteiger partial charge on any atom is 0.220 e. The van der Waals surface area contributed by atoms with Gasteiger partial charge in [0, 0.05) is 6.42 Å². The third-order valence-electron chi connectivity index (χ3n) is 10.5. The van der Waals surface area contributed by atoms with Gasteiger partial charge in [-0.05, 0) is 70.6 Å². The van der Waals surface area contributed by atoms with Crippen molar-refractivity contribution in [2.24, 2.45) is 0 Å². The Morgan fingerprint density at radius 1 is 0.444 bits per heavy atom. The summed E-state index contributed by atoms with van der Waals surface area (Å²) in [5.41, 5.74) is 0. The molecule has 54 heavy (non-hydrogen) atoms. The summed E-state index contributed by atoms with van der Waals surface area (Å²) < 4.78 is 0. The highest BCUT2D eigenvalue weighted by Gasteiger charge is 2.17. The Kier molecular flexibility index (Phi) is 43.9. The normalized spacial score (nSPS) is 13.5. The molecule has 0 aliphatic carbocycles. The first-order valence-electron chi connectivity index (χ1n) is 23.5. The molecule has 1 amide bonds. The molecule has 0 saturated carbocycles. The van der Waals surface area contributed by atoms with Crippen molar-refractivity contribution in [3.63, 3.8) is 0 Å². The lowest BCUT2D eigenvalue weighted by atomic mass is 10.0. The topological polar surface area (TPSA) is 69.6 Å². The van der Waals surface area contributed by atoms with Crippen molar-refractivity contribution in [1.82, 2.24) is 5.32 Å². The minimum absolute atomic E-state index is 0.0790. The molecule has 0 rings (SSSR count). The van der Waals surface area contributed by atoms with Gasteiger partial charge in [0.25, 0.3) is 0 Å². The van der Waals surface area contributed by atoms with Crippen molar-refractivity contribution >= 4 is 5.91 Å². The van der Waals surface area contributed by atoms with E-state index in [-0.39, 0.29) is 12.5 Å². The third kappa shape index (κ3) is 41.3. The summed E-state index contributed by atoms with van der Waals surface area (Å²) in [7, 11) is 0. The monoisotopic (exact) mass is 754 g/mol. The number of amides is 1. The van der Waals surface area contributed by atoms with Crippen LogP contribution in [0.25, 0.3) is 0 Å². The van der Waals surface area contributed by atoms with Crippen molar-refractivity contribution in [2.45, 2.75) is 244 Å². The molecule has 0 radical (unpaired) electrons. The second-order valence-electron chi connectivity index (χ2n) is 15.8. The summed E-state index contributed by atoms with van der Waals surface area (Å²) in [6, 6.07) is -0.643. The molecule has 4 heteroatoms. The van der Waals surface area contributed by atoms with E-state index in [0.717, 1.165) is 44.9 Å². The van der Waals surface area contributed by atoms with Crippen molar-refractivity contribution in [2.75, 3.05) is 6.61 Å². The van der Waals surface area contributed by atoms with Crippen molar-refractivity contribution in [1.29, 1.82) is 0 Å². The molecule has 4 nitrogen and oxygen atoms in total. The third-order valence-corrected chi connectivity index (χ3v) is 10.5. The Hall–Kier alpha value is -1.91. The minimum atomic E-state index is -0.865. The van der Waals surface area contributed by atoms with Crippen LogP contribution in [-0.4, -0.2) is 34.9 Å². The molecule has 0 heterocycles. The number of hydrogen-bond acceptors (Lipinski definition) is 3. The number of allylic oxidation sites excluding steroid dienone is 9. The lowest BCUT2D eigenvalue weighted by Crippen LogP contribution is -2.45. The molecule has 0 fully saturated rings. The van der Waals surface area contributed by atoms with Gasteiger partial charge in [-0.3, -0.25) is 4.79 Å². The predicted molar refractivity (Wildman–Crippen MR) is 239 cm³/mol. The van der Waals surface area contributed by atoms with E-state index in [9.17, 15) is 15.0 Å². The van der Waals surface area contributed by atoms with Crippen molar-refractivity contribution in [3.05, 3.63) is 60.8 Å². The second-order valence-corrected chi connectivity index (χ2v) is 15.8. The highest BCUT2D eigenvalue weighted by atomic mass is 16.3. The number of nitrogens with one attached hydrogen (secondary N) is 1. The van der Waals surface area contributed by atoms with Crippen LogP contribution in [0.3, 0.4) is 0 Å². The number of carbonyl (C=O) groups excluding carboxylic acids is 1. The largest absolute Gasteiger partial charge is 0.394 e. The Labute approximate surface area is 336 Å². The van der Waals surface area contributed by atoms with Gasteiger partial charge >= 0.3 is 0 Å². The summed E-state index contributed by atoms with van der Waals surface area (Å²) in [6.07, 6.45) is 63.3. The van der Waals surface area contributed by atoms with Crippen LogP contribution in [0.2, 0.25) is 0 Å². The number of aliphatic hydroxyl groups excluding tert-OH is 2. The molecule has 0 aliphatic rings. The molecule has 0 aromatic heterocycles. The Morgan fingerprint density at radius 2 is 0.778 bits per heavy atom. The summed E-state index contributed by atoms with van der Waals surface area (Å²) in [6.45, 7) is 4.29. The van der Waals surface area contributed by atoms with Crippen LogP contribution < -0.4 is 5.32 Å². The second kappa shape index (κ2) is 45.5. The maximum absolute atomic E-state index is 12.4. The summed E-state index contributed by atoms with van der Waals surface area (Å²) in [5, 5.41) is 23.0. The van der Waals surface area contributed by atoms with E-state index in [0.29, 0.717) is 6.42 Å². The Balaban J connectivity index is 3.61. The molecule has 2 unspecified atom stereocenters. The maximum atomic E-state index is 12.4.